The first kappa shape index (κ1) is 16.8. The minimum absolute atomic E-state index is 0.349. The van der Waals surface area contributed by atoms with E-state index < -0.39 is 0 Å². The zero-order valence-electron chi connectivity index (χ0n) is 12.7. The number of nitrogens with zero attached hydrogens (tertiary/aromatic N) is 1. The SMILES string of the molecule is CCC1CN(C(=O)CCC(CCN)C(C)C)CCS1. The average molecular weight is 286 g/mol. The van der Waals surface area contributed by atoms with E-state index in [0.717, 1.165) is 44.6 Å². The number of hydrogen-bond acceptors (Lipinski definition) is 3. The van der Waals surface area contributed by atoms with E-state index in [2.05, 4.69) is 25.7 Å². The van der Waals surface area contributed by atoms with Crippen molar-refractivity contribution in [1.29, 1.82) is 0 Å². The zero-order chi connectivity index (χ0) is 14.3. The highest BCUT2D eigenvalue weighted by atomic mass is 32.2. The molecule has 4 heteroatoms. The minimum atomic E-state index is 0.349. The molecule has 2 N–H and O–H groups in total. The lowest BCUT2D eigenvalue weighted by atomic mass is 9.88. The van der Waals surface area contributed by atoms with Gasteiger partial charge >= 0.3 is 0 Å². The monoisotopic (exact) mass is 286 g/mol. The fourth-order valence-electron chi connectivity index (χ4n) is 2.68. The van der Waals surface area contributed by atoms with Crippen molar-refractivity contribution >= 4 is 17.7 Å². The minimum Gasteiger partial charge on any atom is -0.341 e. The summed E-state index contributed by atoms with van der Waals surface area (Å²) in [5, 5.41) is 0.641. The molecule has 1 amide bonds. The lowest BCUT2D eigenvalue weighted by molar-refractivity contribution is -0.131. The maximum absolute atomic E-state index is 12.3. The Balaban J connectivity index is 2.37. The second kappa shape index (κ2) is 8.85. The van der Waals surface area contributed by atoms with Crippen molar-refractivity contribution in [1.82, 2.24) is 4.90 Å². The van der Waals surface area contributed by atoms with Crippen LogP contribution in [0.15, 0.2) is 0 Å². The van der Waals surface area contributed by atoms with E-state index in [1.165, 1.54) is 0 Å². The molecule has 0 aromatic rings. The molecule has 3 nitrogen and oxygen atoms in total. The smallest absolute Gasteiger partial charge is 0.222 e. The van der Waals surface area contributed by atoms with E-state index in [1.54, 1.807) is 0 Å². The summed E-state index contributed by atoms with van der Waals surface area (Å²) in [4.78, 5) is 14.4. The van der Waals surface area contributed by atoms with Crippen molar-refractivity contribution in [2.75, 3.05) is 25.4 Å². The molecule has 1 aliphatic rings. The van der Waals surface area contributed by atoms with Gasteiger partial charge in [0.15, 0.2) is 0 Å². The Kier molecular flexibility index (Phi) is 7.84. The normalized spacial score (nSPS) is 21.7. The molecule has 0 saturated carbocycles. The molecule has 0 bridgehead atoms. The molecule has 2 atom stereocenters. The number of amides is 1. The summed E-state index contributed by atoms with van der Waals surface area (Å²) in [7, 11) is 0. The summed E-state index contributed by atoms with van der Waals surface area (Å²) < 4.78 is 0. The van der Waals surface area contributed by atoms with Gasteiger partial charge in [-0.25, -0.2) is 0 Å². The summed E-state index contributed by atoms with van der Waals surface area (Å²) in [6, 6.07) is 0. The Morgan fingerprint density at radius 1 is 1.42 bits per heavy atom. The third-order valence-electron chi connectivity index (χ3n) is 4.16. The summed E-state index contributed by atoms with van der Waals surface area (Å²) in [6.45, 7) is 9.29. The number of hydrogen-bond donors (Lipinski definition) is 1. The first-order chi connectivity index (χ1) is 9.08. The average Bonchev–Trinajstić information content (AvgIpc) is 2.42. The van der Waals surface area contributed by atoms with Gasteiger partial charge in [0.25, 0.3) is 0 Å². The first-order valence-electron chi connectivity index (χ1n) is 7.67. The van der Waals surface area contributed by atoms with Gasteiger partial charge < -0.3 is 10.6 Å². The predicted octanol–water partition coefficient (Wildman–Crippen LogP) is 2.74. The van der Waals surface area contributed by atoms with E-state index in [0.29, 0.717) is 29.4 Å². The number of carbonyl (C=O) groups is 1. The van der Waals surface area contributed by atoms with Crippen molar-refractivity contribution in [2.24, 2.45) is 17.6 Å². The van der Waals surface area contributed by atoms with Crippen molar-refractivity contribution in [3.05, 3.63) is 0 Å². The molecular weight excluding hydrogens is 256 g/mol. The van der Waals surface area contributed by atoms with E-state index in [1.807, 2.05) is 11.8 Å². The molecule has 1 aliphatic heterocycles. The Morgan fingerprint density at radius 3 is 2.74 bits per heavy atom. The van der Waals surface area contributed by atoms with Crippen LogP contribution < -0.4 is 5.73 Å². The van der Waals surface area contributed by atoms with Gasteiger partial charge in [-0.05, 0) is 37.6 Å². The number of rotatable bonds is 7. The van der Waals surface area contributed by atoms with Crippen molar-refractivity contribution < 1.29 is 4.79 Å². The molecule has 1 fully saturated rings. The van der Waals surface area contributed by atoms with Crippen molar-refractivity contribution in [3.8, 4) is 0 Å². The number of nitrogens with two attached hydrogens (primary N) is 1. The molecule has 0 spiro atoms. The summed E-state index contributed by atoms with van der Waals surface area (Å²) >= 11 is 2.01. The maximum atomic E-state index is 12.3. The van der Waals surface area contributed by atoms with Crippen LogP contribution in [0.2, 0.25) is 0 Å². The van der Waals surface area contributed by atoms with E-state index in [9.17, 15) is 4.79 Å². The van der Waals surface area contributed by atoms with Crippen LogP contribution in [0.3, 0.4) is 0 Å². The third-order valence-corrected chi connectivity index (χ3v) is 5.53. The molecule has 0 aromatic heterocycles. The van der Waals surface area contributed by atoms with Gasteiger partial charge in [0.05, 0.1) is 0 Å². The molecule has 1 saturated heterocycles. The number of carbonyl (C=O) groups excluding carboxylic acids is 1. The van der Waals surface area contributed by atoms with Crippen LogP contribution in [0.4, 0.5) is 0 Å². The van der Waals surface area contributed by atoms with Crippen LogP contribution in [0.1, 0.15) is 46.5 Å². The van der Waals surface area contributed by atoms with Crippen LogP contribution in [-0.4, -0.2) is 41.4 Å². The fraction of sp³-hybridized carbons (Fsp3) is 0.933. The van der Waals surface area contributed by atoms with Crippen LogP contribution in [0.25, 0.3) is 0 Å². The summed E-state index contributed by atoms with van der Waals surface area (Å²) in [5.74, 6) is 2.66. The highest BCUT2D eigenvalue weighted by Crippen LogP contribution is 2.24. The Labute approximate surface area is 122 Å². The molecule has 0 aromatic carbocycles. The molecular formula is C15H30N2OS. The second-order valence-corrected chi connectivity index (χ2v) is 7.27. The van der Waals surface area contributed by atoms with Gasteiger partial charge in [-0.15, -0.1) is 0 Å². The zero-order valence-corrected chi connectivity index (χ0v) is 13.5. The Hall–Kier alpha value is -0.220. The topological polar surface area (TPSA) is 46.3 Å². The van der Waals surface area contributed by atoms with Crippen molar-refractivity contribution in [3.63, 3.8) is 0 Å². The third kappa shape index (κ3) is 5.74. The molecule has 0 radical (unpaired) electrons. The van der Waals surface area contributed by atoms with Gasteiger partial charge in [0.1, 0.15) is 0 Å². The van der Waals surface area contributed by atoms with E-state index in [-0.39, 0.29) is 0 Å². The maximum Gasteiger partial charge on any atom is 0.222 e. The van der Waals surface area contributed by atoms with Crippen LogP contribution in [-0.2, 0) is 4.79 Å². The van der Waals surface area contributed by atoms with Crippen LogP contribution >= 0.6 is 11.8 Å². The van der Waals surface area contributed by atoms with Crippen molar-refractivity contribution in [2.45, 2.75) is 51.7 Å². The van der Waals surface area contributed by atoms with E-state index in [4.69, 9.17) is 5.73 Å². The molecule has 19 heavy (non-hydrogen) atoms. The molecule has 112 valence electrons. The van der Waals surface area contributed by atoms with Gasteiger partial charge in [0.2, 0.25) is 5.91 Å². The standard InChI is InChI=1S/C15H30N2OS/c1-4-14-11-17(9-10-19-14)15(18)6-5-13(7-8-16)12(2)3/h12-14H,4-11,16H2,1-3H3. The van der Waals surface area contributed by atoms with Gasteiger partial charge in [0, 0.05) is 30.5 Å². The van der Waals surface area contributed by atoms with Gasteiger partial charge in [-0.1, -0.05) is 20.8 Å². The largest absolute Gasteiger partial charge is 0.341 e. The Bertz CT molecular complexity index is 271. The van der Waals surface area contributed by atoms with E-state index >= 15 is 0 Å². The van der Waals surface area contributed by atoms with Gasteiger partial charge in [-0.3, -0.25) is 4.79 Å². The molecule has 0 aliphatic carbocycles. The number of thioether (sulfide) groups is 1. The summed E-state index contributed by atoms with van der Waals surface area (Å²) in [5.41, 5.74) is 5.65. The highest BCUT2D eigenvalue weighted by Gasteiger charge is 2.23. The van der Waals surface area contributed by atoms with Crippen LogP contribution in [0.5, 0.6) is 0 Å². The first-order valence-corrected chi connectivity index (χ1v) is 8.72. The molecule has 1 heterocycles. The quantitative estimate of drug-likeness (QED) is 0.783. The second-order valence-electron chi connectivity index (χ2n) is 5.86. The fourth-order valence-corrected chi connectivity index (χ4v) is 3.87. The lowest BCUT2D eigenvalue weighted by Crippen LogP contribution is -2.41. The molecule has 2 unspecified atom stereocenters. The lowest BCUT2D eigenvalue weighted by Gasteiger charge is -2.32. The highest BCUT2D eigenvalue weighted by molar-refractivity contribution is 8.00. The molecule has 1 rings (SSSR count). The summed E-state index contributed by atoms with van der Waals surface area (Å²) in [6.07, 6.45) is 3.90. The Morgan fingerprint density at radius 2 is 2.16 bits per heavy atom. The van der Waals surface area contributed by atoms with Gasteiger partial charge in [-0.2, -0.15) is 11.8 Å². The predicted molar refractivity (Wildman–Crippen MR) is 84.4 cm³/mol. The van der Waals surface area contributed by atoms with Crippen LogP contribution in [0, 0.1) is 11.8 Å².